The van der Waals surface area contributed by atoms with Gasteiger partial charge in [-0.3, -0.25) is 19.3 Å². The minimum Gasteiger partial charge on any atom is -0.355 e. The molecule has 1 N–H and O–H groups in total. The van der Waals surface area contributed by atoms with Crippen LogP contribution in [0.2, 0.25) is 0 Å². The molecular weight excluding hydrogens is 294 g/mol. The first kappa shape index (κ1) is 17.9. The fraction of sp³-hybridized carbons (Fsp3) is 0.824. The molecule has 1 heterocycles. The van der Waals surface area contributed by atoms with Crippen molar-refractivity contribution in [2.45, 2.75) is 46.0 Å². The highest BCUT2D eigenvalue weighted by Crippen LogP contribution is 2.37. The number of hydrogen-bond acceptors (Lipinski definition) is 4. The van der Waals surface area contributed by atoms with Crippen molar-refractivity contribution in [2.75, 3.05) is 32.7 Å². The zero-order chi connectivity index (χ0) is 16.8. The lowest BCUT2D eigenvalue weighted by atomic mass is 9.81. The molecule has 2 rings (SSSR count). The molecule has 1 saturated carbocycles. The van der Waals surface area contributed by atoms with E-state index in [2.05, 4.69) is 24.1 Å². The molecule has 1 aliphatic carbocycles. The van der Waals surface area contributed by atoms with Crippen LogP contribution in [0.1, 0.15) is 46.0 Å². The molecule has 0 spiro atoms. The minimum absolute atomic E-state index is 0.0596. The largest absolute Gasteiger partial charge is 0.355 e. The van der Waals surface area contributed by atoms with Crippen LogP contribution in [0.4, 0.5) is 0 Å². The molecule has 0 radical (unpaired) electrons. The van der Waals surface area contributed by atoms with Crippen molar-refractivity contribution in [3.8, 4) is 0 Å². The Balaban J connectivity index is 1.73. The maximum Gasteiger partial charge on any atom is 0.233 e. The number of amides is 3. The van der Waals surface area contributed by atoms with Gasteiger partial charge in [0.1, 0.15) is 0 Å². The standard InChI is InChI=1S/C17H29N3O3/c1-3-19(4-2)12-10-18-15(21)9-11-20-16(22)13-7-5-6-8-14(13)17(20)23/h13-14H,3-12H2,1-2H3,(H,18,21). The molecule has 23 heavy (non-hydrogen) atoms. The van der Waals surface area contributed by atoms with E-state index in [1.54, 1.807) is 0 Å². The summed E-state index contributed by atoms with van der Waals surface area (Å²) in [6.07, 6.45) is 3.90. The molecule has 0 aromatic rings. The molecule has 0 aromatic carbocycles. The van der Waals surface area contributed by atoms with Gasteiger partial charge in [0.2, 0.25) is 17.7 Å². The number of hydrogen-bond donors (Lipinski definition) is 1. The normalized spacial score (nSPS) is 24.2. The predicted octanol–water partition coefficient (Wildman–Crippen LogP) is 1.01. The van der Waals surface area contributed by atoms with Gasteiger partial charge in [-0.2, -0.15) is 0 Å². The summed E-state index contributed by atoms with van der Waals surface area (Å²) in [5, 5.41) is 2.87. The molecule has 1 saturated heterocycles. The maximum absolute atomic E-state index is 12.3. The number of likely N-dealkylation sites (tertiary alicyclic amines) is 1. The first-order valence-corrected chi connectivity index (χ1v) is 8.92. The zero-order valence-electron chi connectivity index (χ0n) is 14.3. The molecule has 130 valence electrons. The van der Waals surface area contributed by atoms with E-state index in [0.29, 0.717) is 6.54 Å². The van der Waals surface area contributed by atoms with Gasteiger partial charge < -0.3 is 10.2 Å². The summed E-state index contributed by atoms with van der Waals surface area (Å²) in [7, 11) is 0. The lowest BCUT2D eigenvalue weighted by molar-refractivity contribution is -0.140. The fourth-order valence-electron chi connectivity index (χ4n) is 3.65. The highest BCUT2D eigenvalue weighted by molar-refractivity contribution is 6.05. The number of likely N-dealkylation sites (N-methyl/N-ethyl adjacent to an activating group) is 1. The van der Waals surface area contributed by atoms with Crippen molar-refractivity contribution in [1.29, 1.82) is 0 Å². The Bertz CT molecular complexity index is 424. The van der Waals surface area contributed by atoms with Gasteiger partial charge in [0, 0.05) is 26.1 Å². The molecule has 6 nitrogen and oxygen atoms in total. The van der Waals surface area contributed by atoms with Crippen molar-refractivity contribution in [3.63, 3.8) is 0 Å². The average Bonchev–Trinajstić information content (AvgIpc) is 2.81. The van der Waals surface area contributed by atoms with Crippen molar-refractivity contribution in [2.24, 2.45) is 11.8 Å². The van der Waals surface area contributed by atoms with Crippen molar-refractivity contribution >= 4 is 17.7 Å². The number of fused-ring (bicyclic) bond motifs is 1. The third kappa shape index (κ3) is 4.31. The maximum atomic E-state index is 12.3. The zero-order valence-corrected chi connectivity index (χ0v) is 14.3. The quantitative estimate of drug-likeness (QED) is 0.677. The Labute approximate surface area is 138 Å². The number of imide groups is 1. The van der Waals surface area contributed by atoms with Crippen LogP contribution in [0.15, 0.2) is 0 Å². The average molecular weight is 323 g/mol. The molecule has 2 aliphatic rings. The first-order valence-electron chi connectivity index (χ1n) is 8.92. The lowest BCUT2D eigenvalue weighted by Gasteiger charge is -2.19. The van der Waals surface area contributed by atoms with E-state index in [1.807, 2.05) is 0 Å². The summed E-state index contributed by atoms with van der Waals surface area (Å²) >= 11 is 0. The topological polar surface area (TPSA) is 69.7 Å². The van der Waals surface area contributed by atoms with Gasteiger partial charge in [-0.1, -0.05) is 26.7 Å². The second-order valence-corrected chi connectivity index (χ2v) is 6.45. The number of rotatable bonds is 8. The summed E-state index contributed by atoms with van der Waals surface area (Å²) in [6, 6.07) is 0. The number of carbonyl (C=O) groups is 3. The Hall–Kier alpha value is -1.43. The second-order valence-electron chi connectivity index (χ2n) is 6.45. The monoisotopic (exact) mass is 323 g/mol. The van der Waals surface area contributed by atoms with Gasteiger partial charge in [-0.05, 0) is 25.9 Å². The summed E-state index contributed by atoms with van der Waals surface area (Å²) in [5.74, 6) is -0.456. The molecule has 3 amide bonds. The van der Waals surface area contributed by atoms with E-state index < -0.39 is 0 Å². The molecule has 6 heteroatoms. The Morgan fingerprint density at radius 2 is 1.70 bits per heavy atom. The SMILES string of the molecule is CCN(CC)CCNC(=O)CCN1C(=O)C2CCCCC2C1=O. The van der Waals surface area contributed by atoms with Crippen molar-refractivity contribution in [1.82, 2.24) is 15.1 Å². The smallest absolute Gasteiger partial charge is 0.233 e. The third-order valence-corrected chi connectivity index (χ3v) is 5.14. The first-order chi connectivity index (χ1) is 11.1. The molecule has 2 fully saturated rings. The Kier molecular flexibility index (Phi) is 6.57. The molecule has 0 aromatic heterocycles. The second kappa shape index (κ2) is 8.43. The number of carbonyl (C=O) groups excluding carboxylic acids is 3. The fourth-order valence-corrected chi connectivity index (χ4v) is 3.65. The van der Waals surface area contributed by atoms with Crippen molar-refractivity contribution in [3.05, 3.63) is 0 Å². The van der Waals surface area contributed by atoms with Crippen LogP contribution in [0, 0.1) is 11.8 Å². The van der Waals surface area contributed by atoms with E-state index >= 15 is 0 Å². The van der Waals surface area contributed by atoms with Crippen LogP contribution < -0.4 is 5.32 Å². The Morgan fingerprint density at radius 3 is 2.22 bits per heavy atom. The van der Waals surface area contributed by atoms with Gasteiger partial charge in [-0.25, -0.2) is 0 Å². The van der Waals surface area contributed by atoms with Gasteiger partial charge in [0.05, 0.1) is 11.8 Å². The highest BCUT2D eigenvalue weighted by Gasteiger charge is 2.47. The highest BCUT2D eigenvalue weighted by atomic mass is 16.2. The van der Waals surface area contributed by atoms with E-state index in [4.69, 9.17) is 0 Å². The summed E-state index contributed by atoms with van der Waals surface area (Å²) < 4.78 is 0. The van der Waals surface area contributed by atoms with E-state index in [0.717, 1.165) is 45.3 Å². The summed E-state index contributed by atoms with van der Waals surface area (Å²) in [5.41, 5.74) is 0. The molecule has 0 bridgehead atoms. The van der Waals surface area contributed by atoms with Gasteiger partial charge >= 0.3 is 0 Å². The van der Waals surface area contributed by atoms with E-state index in [-0.39, 0.29) is 42.5 Å². The predicted molar refractivity (Wildman–Crippen MR) is 87.6 cm³/mol. The minimum atomic E-state index is -0.123. The molecule has 1 aliphatic heterocycles. The number of nitrogens with one attached hydrogen (secondary N) is 1. The molecular formula is C17H29N3O3. The van der Waals surface area contributed by atoms with Crippen molar-refractivity contribution < 1.29 is 14.4 Å². The van der Waals surface area contributed by atoms with Gasteiger partial charge in [0.15, 0.2) is 0 Å². The van der Waals surface area contributed by atoms with E-state index in [9.17, 15) is 14.4 Å². The Morgan fingerprint density at radius 1 is 1.13 bits per heavy atom. The molecule has 2 unspecified atom stereocenters. The summed E-state index contributed by atoms with van der Waals surface area (Å²) in [4.78, 5) is 40.1. The van der Waals surface area contributed by atoms with Crippen LogP contribution >= 0.6 is 0 Å². The van der Waals surface area contributed by atoms with Crippen LogP contribution in [0.3, 0.4) is 0 Å². The molecule has 2 atom stereocenters. The van der Waals surface area contributed by atoms with E-state index in [1.165, 1.54) is 4.90 Å². The van der Waals surface area contributed by atoms with Crippen LogP contribution in [-0.2, 0) is 14.4 Å². The lowest BCUT2D eigenvalue weighted by Crippen LogP contribution is -2.38. The third-order valence-electron chi connectivity index (χ3n) is 5.14. The van der Waals surface area contributed by atoms with Gasteiger partial charge in [0.25, 0.3) is 0 Å². The summed E-state index contributed by atoms with van der Waals surface area (Å²) in [6.45, 7) is 7.77. The van der Waals surface area contributed by atoms with Crippen LogP contribution in [-0.4, -0.2) is 60.2 Å². The number of nitrogens with zero attached hydrogens (tertiary/aromatic N) is 2. The van der Waals surface area contributed by atoms with Gasteiger partial charge in [-0.15, -0.1) is 0 Å². The van der Waals surface area contributed by atoms with Crippen LogP contribution in [0.5, 0.6) is 0 Å². The van der Waals surface area contributed by atoms with Crippen LogP contribution in [0.25, 0.3) is 0 Å².